The van der Waals surface area contributed by atoms with Gasteiger partial charge in [-0.2, -0.15) is 5.10 Å². The standard InChI is InChI=1S/C24H27ClN6O3/c1-24(2,3)34-23(33)30-12-10-29(11-13-30)20-8-9-21(26-15-20)28-22(32)17-14-27-31(16-17)19-6-4-18(25)5-7-19/h4-9,14-16H,10-13H2,1-3H3,(H,26,28,32). The Labute approximate surface area is 203 Å². The summed E-state index contributed by atoms with van der Waals surface area (Å²) in [7, 11) is 0. The Bertz CT molecular complexity index is 1150. The summed E-state index contributed by atoms with van der Waals surface area (Å²) >= 11 is 5.92. The third-order valence-electron chi connectivity index (χ3n) is 5.22. The van der Waals surface area contributed by atoms with Crippen LogP contribution >= 0.6 is 11.6 Å². The number of nitrogens with zero attached hydrogens (tertiary/aromatic N) is 5. The molecule has 1 saturated heterocycles. The molecule has 1 aromatic carbocycles. The zero-order chi connectivity index (χ0) is 24.3. The normalized spacial score (nSPS) is 14.1. The fourth-order valence-electron chi connectivity index (χ4n) is 3.48. The Morgan fingerprint density at radius 3 is 2.26 bits per heavy atom. The van der Waals surface area contributed by atoms with E-state index in [2.05, 4.69) is 20.3 Å². The van der Waals surface area contributed by atoms with Crippen LogP contribution in [0.25, 0.3) is 5.69 Å². The third-order valence-corrected chi connectivity index (χ3v) is 5.47. The van der Waals surface area contributed by atoms with Crippen LogP contribution in [0.15, 0.2) is 55.0 Å². The van der Waals surface area contributed by atoms with E-state index in [1.54, 1.807) is 40.2 Å². The van der Waals surface area contributed by atoms with Crippen molar-refractivity contribution in [2.24, 2.45) is 0 Å². The molecule has 1 N–H and O–H groups in total. The number of anilines is 2. The average molecular weight is 483 g/mol. The highest BCUT2D eigenvalue weighted by molar-refractivity contribution is 6.30. The molecular formula is C24H27ClN6O3. The molecule has 0 bridgehead atoms. The van der Waals surface area contributed by atoms with E-state index in [1.807, 2.05) is 39.0 Å². The molecular weight excluding hydrogens is 456 g/mol. The summed E-state index contributed by atoms with van der Waals surface area (Å²) in [6.45, 7) is 8.08. The van der Waals surface area contributed by atoms with Crippen molar-refractivity contribution in [3.63, 3.8) is 0 Å². The largest absolute Gasteiger partial charge is 0.444 e. The zero-order valence-corrected chi connectivity index (χ0v) is 20.1. The van der Waals surface area contributed by atoms with Crippen molar-refractivity contribution in [2.45, 2.75) is 26.4 Å². The van der Waals surface area contributed by atoms with Gasteiger partial charge in [-0.1, -0.05) is 11.6 Å². The van der Waals surface area contributed by atoms with Gasteiger partial charge in [0.1, 0.15) is 11.4 Å². The Balaban J connectivity index is 1.32. The molecule has 1 aliphatic rings. The maximum Gasteiger partial charge on any atom is 0.410 e. The van der Waals surface area contributed by atoms with Gasteiger partial charge < -0.3 is 19.9 Å². The van der Waals surface area contributed by atoms with Crippen LogP contribution in [0.2, 0.25) is 5.02 Å². The monoisotopic (exact) mass is 482 g/mol. The first-order valence-electron chi connectivity index (χ1n) is 11.0. The molecule has 178 valence electrons. The van der Waals surface area contributed by atoms with Gasteiger partial charge in [0.05, 0.1) is 29.3 Å². The van der Waals surface area contributed by atoms with Gasteiger partial charge in [-0.05, 0) is 57.2 Å². The van der Waals surface area contributed by atoms with Crippen molar-refractivity contribution in [3.8, 4) is 5.69 Å². The number of hydrogen-bond donors (Lipinski definition) is 1. The number of hydrogen-bond acceptors (Lipinski definition) is 6. The fourth-order valence-corrected chi connectivity index (χ4v) is 3.61. The minimum absolute atomic E-state index is 0.289. The smallest absolute Gasteiger partial charge is 0.410 e. The molecule has 3 aromatic rings. The van der Waals surface area contributed by atoms with E-state index >= 15 is 0 Å². The van der Waals surface area contributed by atoms with Crippen LogP contribution < -0.4 is 10.2 Å². The van der Waals surface area contributed by atoms with Crippen LogP contribution in [0.3, 0.4) is 0 Å². The molecule has 0 atom stereocenters. The maximum absolute atomic E-state index is 12.6. The number of benzene rings is 1. The predicted molar refractivity (Wildman–Crippen MR) is 131 cm³/mol. The number of carbonyl (C=O) groups excluding carboxylic acids is 2. The van der Waals surface area contributed by atoms with Crippen molar-refractivity contribution in [2.75, 3.05) is 36.4 Å². The lowest BCUT2D eigenvalue weighted by atomic mass is 10.2. The molecule has 0 radical (unpaired) electrons. The van der Waals surface area contributed by atoms with Gasteiger partial charge in [0.25, 0.3) is 5.91 Å². The molecule has 0 spiro atoms. The number of amides is 2. The summed E-state index contributed by atoms with van der Waals surface area (Å²) in [5.41, 5.74) is 1.64. The summed E-state index contributed by atoms with van der Waals surface area (Å²) in [5.74, 6) is 0.145. The molecule has 2 amide bonds. The van der Waals surface area contributed by atoms with E-state index in [-0.39, 0.29) is 12.0 Å². The van der Waals surface area contributed by atoms with E-state index in [9.17, 15) is 9.59 Å². The Hall–Kier alpha value is -3.59. The molecule has 10 heteroatoms. The molecule has 9 nitrogen and oxygen atoms in total. The number of aromatic nitrogens is 3. The first-order valence-corrected chi connectivity index (χ1v) is 11.4. The van der Waals surface area contributed by atoms with Gasteiger partial charge in [0, 0.05) is 37.4 Å². The number of nitrogens with one attached hydrogen (secondary N) is 1. The topological polar surface area (TPSA) is 92.6 Å². The summed E-state index contributed by atoms with van der Waals surface area (Å²) in [6.07, 6.45) is 4.58. The minimum Gasteiger partial charge on any atom is -0.444 e. The molecule has 2 aromatic heterocycles. The highest BCUT2D eigenvalue weighted by Gasteiger charge is 2.26. The molecule has 0 unspecified atom stereocenters. The number of halogens is 1. The van der Waals surface area contributed by atoms with E-state index < -0.39 is 5.60 Å². The minimum atomic E-state index is -0.507. The van der Waals surface area contributed by atoms with Crippen LogP contribution in [0.4, 0.5) is 16.3 Å². The fraction of sp³-hybridized carbons (Fsp3) is 0.333. The molecule has 1 fully saturated rings. The molecule has 0 aliphatic carbocycles. The predicted octanol–water partition coefficient (Wildman–Crippen LogP) is 4.23. The SMILES string of the molecule is CC(C)(C)OC(=O)N1CCN(c2ccc(NC(=O)c3cnn(-c4ccc(Cl)cc4)c3)nc2)CC1. The van der Waals surface area contributed by atoms with Crippen LogP contribution in [0, 0.1) is 0 Å². The first kappa shape index (κ1) is 23.6. The van der Waals surface area contributed by atoms with Crippen molar-refractivity contribution in [1.82, 2.24) is 19.7 Å². The van der Waals surface area contributed by atoms with Crippen LogP contribution in [0.1, 0.15) is 31.1 Å². The van der Waals surface area contributed by atoms with Gasteiger partial charge >= 0.3 is 6.09 Å². The van der Waals surface area contributed by atoms with Crippen molar-refractivity contribution in [1.29, 1.82) is 0 Å². The molecule has 1 aliphatic heterocycles. The number of ether oxygens (including phenoxy) is 1. The van der Waals surface area contributed by atoms with Crippen molar-refractivity contribution in [3.05, 3.63) is 65.6 Å². The summed E-state index contributed by atoms with van der Waals surface area (Å²) in [4.78, 5) is 33.1. The lowest BCUT2D eigenvalue weighted by Crippen LogP contribution is -2.50. The van der Waals surface area contributed by atoms with Gasteiger partial charge in [0.2, 0.25) is 0 Å². The van der Waals surface area contributed by atoms with Gasteiger partial charge in [-0.25, -0.2) is 14.5 Å². The number of piperazine rings is 1. The molecule has 4 rings (SSSR count). The summed E-state index contributed by atoms with van der Waals surface area (Å²) < 4.78 is 7.05. The third kappa shape index (κ3) is 5.85. The Morgan fingerprint density at radius 2 is 1.65 bits per heavy atom. The molecule has 34 heavy (non-hydrogen) atoms. The van der Waals surface area contributed by atoms with Crippen LogP contribution in [-0.2, 0) is 4.74 Å². The second kappa shape index (κ2) is 9.72. The molecule has 0 saturated carbocycles. The lowest BCUT2D eigenvalue weighted by Gasteiger charge is -2.36. The van der Waals surface area contributed by atoms with Gasteiger partial charge in [-0.3, -0.25) is 4.79 Å². The second-order valence-corrected chi connectivity index (χ2v) is 9.40. The quantitative estimate of drug-likeness (QED) is 0.598. The van der Waals surface area contributed by atoms with Crippen LogP contribution in [-0.4, -0.2) is 63.4 Å². The van der Waals surface area contributed by atoms with Gasteiger partial charge in [-0.15, -0.1) is 0 Å². The summed E-state index contributed by atoms with van der Waals surface area (Å²) in [6, 6.07) is 10.8. The molecule has 3 heterocycles. The number of pyridine rings is 1. The average Bonchev–Trinajstić information content (AvgIpc) is 3.30. The van der Waals surface area contributed by atoms with Gasteiger partial charge in [0.15, 0.2) is 0 Å². The highest BCUT2D eigenvalue weighted by Crippen LogP contribution is 2.19. The van der Waals surface area contributed by atoms with E-state index in [1.165, 1.54) is 6.20 Å². The van der Waals surface area contributed by atoms with Crippen molar-refractivity contribution < 1.29 is 14.3 Å². The zero-order valence-electron chi connectivity index (χ0n) is 19.4. The highest BCUT2D eigenvalue weighted by atomic mass is 35.5. The Kier molecular flexibility index (Phi) is 6.74. The van der Waals surface area contributed by atoms with E-state index in [0.717, 1.165) is 11.4 Å². The Morgan fingerprint density at radius 1 is 0.971 bits per heavy atom. The lowest BCUT2D eigenvalue weighted by molar-refractivity contribution is 0.0240. The van der Waals surface area contributed by atoms with Crippen LogP contribution in [0.5, 0.6) is 0 Å². The summed E-state index contributed by atoms with van der Waals surface area (Å²) in [5, 5.41) is 7.67. The van der Waals surface area contributed by atoms with Crippen molar-refractivity contribution >= 4 is 35.1 Å². The first-order chi connectivity index (χ1) is 16.2. The van der Waals surface area contributed by atoms with E-state index in [0.29, 0.717) is 42.6 Å². The van der Waals surface area contributed by atoms with E-state index in [4.69, 9.17) is 16.3 Å². The number of carbonyl (C=O) groups is 2. The maximum atomic E-state index is 12.6. The number of rotatable bonds is 4. The second-order valence-electron chi connectivity index (χ2n) is 8.96.